The lowest BCUT2D eigenvalue weighted by atomic mass is 10.2. The Morgan fingerprint density at radius 1 is 1.89 bits per heavy atom. The number of aliphatic hydroxyl groups is 1. The first-order valence-electron chi connectivity index (χ1n) is 3.24. The fourth-order valence-electron chi connectivity index (χ4n) is 0.926. The lowest BCUT2D eigenvalue weighted by Crippen LogP contribution is -2.38. The molecule has 1 aliphatic rings. The van der Waals surface area contributed by atoms with Crippen LogP contribution < -0.4 is 5.32 Å². The molecule has 52 valence electrons. The van der Waals surface area contributed by atoms with Crippen LogP contribution in [-0.4, -0.2) is 36.3 Å². The van der Waals surface area contributed by atoms with E-state index >= 15 is 0 Å². The first-order chi connectivity index (χ1) is 4.75. The molecule has 1 rings (SSSR count). The molecule has 0 radical (unpaired) electrons. The van der Waals surface area contributed by atoms with Crippen LogP contribution >= 0.6 is 0 Å². The summed E-state index contributed by atoms with van der Waals surface area (Å²) in [5.74, 6) is -0.949. The van der Waals surface area contributed by atoms with Crippen molar-refractivity contribution in [2.75, 3.05) is 6.54 Å². The maximum Gasteiger partial charge on any atom is 0.323 e. The Kier molecular flexibility index (Phi) is 1.34. The first kappa shape index (κ1) is 5.20. The van der Waals surface area contributed by atoms with Gasteiger partial charge in [-0.2, -0.15) is 0 Å². The van der Waals surface area contributed by atoms with Crippen molar-refractivity contribution in [2.45, 2.75) is 18.6 Å². The van der Waals surface area contributed by atoms with Crippen molar-refractivity contribution in [2.24, 2.45) is 0 Å². The Labute approximate surface area is 54.0 Å². The molecule has 4 nitrogen and oxygen atoms in total. The lowest BCUT2D eigenvalue weighted by molar-refractivity contribution is -0.141. The van der Waals surface area contributed by atoms with E-state index in [1.165, 1.54) is 0 Å². The second kappa shape index (κ2) is 2.33. The highest BCUT2D eigenvalue weighted by molar-refractivity contribution is 5.74. The van der Waals surface area contributed by atoms with Crippen molar-refractivity contribution in [3.05, 3.63) is 0 Å². The fourth-order valence-corrected chi connectivity index (χ4v) is 0.926. The van der Waals surface area contributed by atoms with Gasteiger partial charge in [0.05, 0.1) is 6.10 Å². The van der Waals surface area contributed by atoms with Gasteiger partial charge in [-0.3, -0.25) is 4.79 Å². The van der Waals surface area contributed by atoms with Crippen molar-refractivity contribution in [1.82, 2.24) is 5.32 Å². The van der Waals surface area contributed by atoms with Crippen LogP contribution in [0.1, 0.15) is 6.42 Å². The number of nitrogens with one attached hydrogen (secondary N) is 1. The van der Waals surface area contributed by atoms with Crippen LogP contribution in [0.15, 0.2) is 0 Å². The van der Waals surface area contributed by atoms with Gasteiger partial charge in [-0.1, -0.05) is 0 Å². The molecular weight excluding hydrogens is 122 g/mol. The standard InChI is InChI=1S/C5H9NO3/c7-3-1-2-6-4(3)5(8)9/h3-4,6-7H,1-2H2,(H,8,9)/t3-,4+/m1/s1/i7D. The molecule has 0 aliphatic carbocycles. The third-order valence-corrected chi connectivity index (χ3v) is 1.43. The fraction of sp³-hybridized carbons (Fsp3) is 0.800. The second-order valence-electron chi connectivity index (χ2n) is 2.10. The zero-order chi connectivity index (χ0) is 7.56. The van der Waals surface area contributed by atoms with Crippen molar-refractivity contribution in [1.29, 1.82) is 1.43 Å². The number of hydrogen-bond acceptors (Lipinski definition) is 3. The molecule has 4 heteroatoms. The van der Waals surface area contributed by atoms with E-state index in [0.717, 1.165) is 0 Å². The Morgan fingerprint density at radius 3 is 3.11 bits per heavy atom. The van der Waals surface area contributed by atoms with Crippen LogP contribution in [0, 0.1) is 0 Å². The topological polar surface area (TPSA) is 69.6 Å². The predicted octanol–water partition coefficient (Wildman–Crippen LogP) is -1.21. The van der Waals surface area contributed by atoms with Gasteiger partial charge in [0, 0.05) is 0 Å². The average molecular weight is 132 g/mol. The zero-order valence-corrected chi connectivity index (χ0v) is 4.83. The number of aliphatic carboxylic acids is 1. The molecule has 2 atom stereocenters. The van der Waals surface area contributed by atoms with E-state index in [0.29, 0.717) is 13.0 Å². The van der Waals surface area contributed by atoms with Gasteiger partial charge in [0.1, 0.15) is 6.04 Å². The number of carbonyl (C=O) groups is 1. The minimum absolute atomic E-state index is 0.488. The molecule has 0 saturated carbocycles. The molecule has 0 aromatic carbocycles. The Morgan fingerprint density at radius 2 is 2.67 bits per heavy atom. The third kappa shape index (κ3) is 1.20. The molecule has 1 saturated heterocycles. The van der Waals surface area contributed by atoms with Crippen molar-refractivity contribution in [3.8, 4) is 0 Å². The second-order valence-corrected chi connectivity index (χ2v) is 2.10. The lowest BCUT2D eigenvalue weighted by Gasteiger charge is -2.06. The Hall–Kier alpha value is -0.610. The van der Waals surface area contributed by atoms with E-state index in [9.17, 15) is 4.79 Å². The molecule has 0 amide bonds. The van der Waals surface area contributed by atoms with Crippen LogP contribution in [0.3, 0.4) is 0 Å². The number of hydrogen-bond donors (Lipinski definition) is 3. The Balaban J connectivity index is 2.50. The molecule has 9 heavy (non-hydrogen) atoms. The molecule has 1 heterocycles. The summed E-state index contributed by atoms with van der Waals surface area (Å²) in [6.07, 6.45) is 0.109. The monoisotopic (exact) mass is 132 g/mol. The van der Waals surface area contributed by atoms with Gasteiger partial charge in [-0.15, -0.1) is 0 Å². The third-order valence-electron chi connectivity index (χ3n) is 1.43. The van der Waals surface area contributed by atoms with Crippen molar-refractivity contribution >= 4 is 5.97 Å². The molecule has 0 spiro atoms. The van der Waals surface area contributed by atoms with E-state index in [-0.39, 0.29) is 0 Å². The summed E-state index contributed by atoms with van der Waals surface area (Å²) in [5.41, 5.74) is 0. The average Bonchev–Trinajstić information content (AvgIpc) is 2.33. The van der Waals surface area contributed by atoms with E-state index < -0.39 is 18.1 Å². The smallest absolute Gasteiger partial charge is 0.323 e. The van der Waals surface area contributed by atoms with Crippen LogP contribution in [0.2, 0.25) is 0 Å². The largest absolute Gasteiger partial charge is 0.480 e. The molecule has 1 aliphatic heterocycles. The Bertz CT molecular complexity index is 141. The maximum atomic E-state index is 10.3. The highest BCUT2D eigenvalue weighted by Crippen LogP contribution is 2.05. The van der Waals surface area contributed by atoms with Crippen LogP contribution in [0.5, 0.6) is 0 Å². The molecular formula is C5H9NO3. The van der Waals surface area contributed by atoms with Crippen molar-refractivity contribution in [3.63, 3.8) is 0 Å². The molecule has 0 aromatic heterocycles. The van der Waals surface area contributed by atoms with E-state index in [1.807, 2.05) is 0 Å². The van der Waals surface area contributed by atoms with Crippen LogP contribution in [0.25, 0.3) is 0 Å². The van der Waals surface area contributed by atoms with Gasteiger partial charge in [0.2, 0.25) is 1.43 Å². The normalized spacial score (nSPS) is 36.2. The molecule has 1 fully saturated rings. The van der Waals surface area contributed by atoms with Gasteiger partial charge >= 0.3 is 5.97 Å². The number of rotatable bonds is 2. The molecule has 0 bridgehead atoms. The minimum atomic E-state index is -0.949. The summed E-state index contributed by atoms with van der Waals surface area (Å²) in [4.78, 5) is 10.3. The number of aliphatic hydroxyl groups excluding tert-OH is 1. The van der Waals surface area contributed by atoms with E-state index in [4.69, 9.17) is 6.54 Å². The molecule has 0 unspecified atom stereocenters. The molecule has 3 N–H and O–H groups in total. The van der Waals surface area contributed by atoms with Gasteiger partial charge < -0.3 is 15.5 Å². The summed E-state index contributed by atoms with van der Waals surface area (Å²) in [6.45, 7) is 0.612. The van der Waals surface area contributed by atoms with Crippen LogP contribution in [0.4, 0.5) is 0 Å². The van der Waals surface area contributed by atoms with Gasteiger partial charge in [-0.25, -0.2) is 0 Å². The zero-order valence-electron chi connectivity index (χ0n) is 5.83. The van der Waals surface area contributed by atoms with E-state index in [2.05, 4.69) is 10.4 Å². The molecule has 0 aromatic rings. The summed E-state index contributed by atoms with van der Waals surface area (Å²) in [5, 5.41) is 15.4. The highest BCUT2D eigenvalue weighted by Gasteiger charge is 2.30. The van der Waals surface area contributed by atoms with Gasteiger partial charge in [-0.05, 0) is 13.0 Å². The predicted molar refractivity (Wildman–Crippen MR) is 30.1 cm³/mol. The summed E-state index contributed by atoms with van der Waals surface area (Å²) in [6, 6.07) is -0.697. The number of carboxylic acids is 1. The van der Waals surface area contributed by atoms with E-state index in [1.54, 1.807) is 0 Å². The quantitative estimate of drug-likeness (QED) is 0.441. The first-order valence-corrected chi connectivity index (χ1v) is 2.84. The van der Waals surface area contributed by atoms with Gasteiger partial charge in [0.25, 0.3) is 0 Å². The minimum Gasteiger partial charge on any atom is -0.480 e. The van der Waals surface area contributed by atoms with Crippen LogP contribution in [-0.2, 0) is 4.79 Å². The van der Waals surface area contributed by atoms with Gasteiger partial charge in [0.15, 0.2) is 0 Å². The summed E-state index contributed by atoms with van der Waals surface area (Å²) in [7, 11) is 0. The summed E-state index contributed by atoms with van der Waals surface area (Å²) >= 11 is 0. The summed E-state index contributed by atoms with van der Waals surface area (Å²) < 4.78 is 6.52. The number of carboxylic acid groups (broad SMARTS) is 1. The maximum absolute atomic E-state index is 10.3. The SMILES string of the molecule is [2H]O[C@@H]1CCN[C@@H]1C(=O)O. The van der Waals surface area contributed by atoms with Crippen molar-refractivity contribution < 1.29 is 15.0 Å². The highest BCUT2D eigenvalue weighted by atomic mass is 16.4.